The number of non-ortho nitro benzene ring substituents is 1. The van der Waals surface area contributed by atoms with Gasteiger partial charge in [-0.3, -0.25) is 10.1 Å². The summed E-state index contributed by atoms with van der Waals surface area (Å²) < 4.78 is 34.8. The van der Waals surface area contributed by atoms with E-state index in [4.69, 9.17) is 27.9 Å². The number of anilines is 1. The number of benzene rings is 3. The highest BCUT2D eigenvalue weighted by molar-refractivity contribution is 7.91. The maximum absolute atomic E-state index is 13.1. The molecule has 0 aliphatic rings. The van der Waals surface area contributed by atoms with Crippen LogP contribution in [-0.2, 0) is 10.0 Å². The van der Waals surface area contributed by atoms with Crippen molar-refractivity contribution in [1.82, 2.24) is 10.0 Å². The van der Waals surface area contributed by atoms with Crippen LogP contribution in [0.1, 0.15) is 0 Å². The molecule has 0 fully saturated rings. The van der Waals surface area contributed by atoms with Crippen molar-refractivity contribution in [3.8, 4) is 22.6 Å². The average Bonchev–Trinajstić information content (AvgIpc) is 3.40. The molecule has 3 aromatic carbocycles. The molecule has 0 unspecified atom stereocenters. The SMILES string of the molecule is O=C(NCCNS(=O)(=O)c1sccc1-c1ccccc1Oc1ccc(Cl)cc1Cl)Nc1cccc([N+](=O)[O-])c1. The third kappa shape index (κ3) is 7.25. The summed E-state index contributed by atoms with van der Waals surface area (Å²) in [4.78, 5) is 22.4. The van der Waals surface area contributed by atoms with E-state index in [9.17, 15) is 23.3 Å². The first-order valence-electron chi connectivity index (χ1n) is 11.2. The molecule has 3 N–H and O–H groups in total. The molecule has 4 aromatic rings. The number of nitro benzene ring substituents is 1. The van der Waals surface area contributed by atoms with Gasteiger partial charge in [0.2, 0.25) is 0 Å². The average molecular weight is 607 g/mol. The molecule has 10 nitrogen and oxygen atoms in total. The van der Waals surface area contributed by atoms with Gasteiger partial charge in [0.1, 0.15) is 15.7 Å². The highest BCUT2D eigenvalue weighted by Crippen LogP contribution is 2.40. The largest absolute Gasteiger partial charge is 0.455 e. The summed E-state index contributed by atoms with van der Waals surface area (Å²) in [5, 5.41) is 18.3. The number of rotatable bonds is 10. The summed E-state index contributed by atoms with van der Waals surface area (Å²) in [6.07, 6.45) is 0. The summed E-state index contributed by atoms with van der Waals surface area (Å²) in [7, 11) is -3.95. The lowest BCUT2D eigenvalue weighted by molar-refractivity contribution is -0.384. The molecular weight excluding hydrogens is 587 g/mol. The molecule has 39 heavy (non-hydrogen) atoms. The van der Waals surface area contributed by atoms with E-state index < -0.39 is 21.0 Å². The van der Waals surface area contributed by atoms with Crippen molar-refractivity contribution in [2.24, 2.45) is 0 Å². The summed E-state index contributed by atoms with van der Waals surface area (Å²) in [5.74, 6) is 0.761. The molecule has 0 spiro atoms. The molecule has 14 heteroatoms. The van der Waals surface area contributed by atoms with Crippen molar-refractivity contribution < 1.29 is 22.9 Å². The van der Waals surface area contributed by atoms with Crippen LogP contribution in [0.3, 0.4) is 0 Å². The molecule has 0 saturated heterocycles. The molecule has 0 aliphatic carbocycles. The lowest BCUT2D eigenvalue weighted by Crippen LogP contribution is -2.36. The minimum absolute atomic E-state index is 0.0323. The summed E-state index contributed by atoms with van der Waals surface area (Å²) >= 11 is 13.2. The molecule has 0 atom stereocenters. The Kier molecular flexibility index (Phi) is 9.04. The second-order valence-electron chi connectivity index (χ2n) is 7.88. The van der Waals surface area contributed by atoms with E-state index in [0.29, 0.717) is 32.7 Å². The summed E-state index contributed by atoms with van der Waals surface area (Å²) in [5.41, 5.74) is 1.03. The Hall–Kier alpha value is -3.68. The van der Waals surface area contributed by atoms with E-state index in [1.54, 1.807) is 53.9 Å². The molecule has 202 valence electrons. The molecule has 1 heterocycles. The fourth-order valence-corrected chi connectivity index (χ4v) is 6.36. The number of halogens is 2. The van der Waals surface area contributed by atoms with Crippen LogP contribution in [0.15, 0.2) is 82.4 Å². The van der Waals surface area contributed by atoms with Gasteiger partial charge >= 0.3 is 6.03 Å². The van der Waals surface area contributed by atoms with Crippen LogP contribution in [0.4, 0.5) is 16.2 Å². The molecule has 0 saturated carbocycles. The smallest absolute Gasteiger partial charge is 0.319 e. The van der Waals surface area contributed by atoms with Gasteiger partial charge in [0.25, 0.3) is 15.7 Å². The van der Waals surface area contributed by atoms with E-state index in [-0.39, 0.29) is 28.7 Å². The molecular formula is C25H20Cl2N4O6S2. The molecule has 0 bridgehead atoms. The van der Waals surface area contributed by atoms with Crippen molar-refractivity contribution >= 4 is 62.0 Å². The number of urea groups is 1. The van der Waals surface area contributed by atoms with Crippen molar-refractivity contribution in [3.63, 3.8) is 0 Å². The van der Waals surface area contributed by atoms with Gasteiger partial charge in [-0.15, -0.1) is 11.3 Å². The Morgan fingerprint density at radius 2 is 1.74 bits per heavy atom. The number of nitrogens with one attached hydrogen (secondary N) is 3. The highest BCUT2D eigenvalue weighted by Gasteiger charge is 2.23. The van der Waals surface area contributed by atoms with Gasteiger partial charge in [0, 0.05) is 47.1 Å². The Labute approximate surface area is 237 Å². The number of nitro groups is 1. The van der Waals surface area contributed by atoms with Gasteiger partial charge in [-0.2, -0.15) is 0 Å². The van der Waals surface area contributed by atoms with Crippen LogP contribution in [0.5, 0.6) is 11.5 Å². The summed E-state index contributed by atoms with van der Waals surface area (Å²) in [6, 6.07) is 18.2. The van der Waals surface area contributed by atoms with Gasteiger partial charge < -0.3 is 15.4 Å². The van der Waals surface area contributed by atoms with Gasteiger partial charge in [-0.05, 0) is 41.8 Å². The monoisotopic (exact) mass is 606 g/mol. The Morgan fingerprint density at radius 3 is 2.51 bits per heavy atom. The number of ether oxygens (including phenoxy) is 1. The van der Waals surface area contributed by atoms with Crippen LogP contribution in [0, 0.1) is 10.1 Å². The quantitative estimate of drug-likeness (QED) is 0.107. The standard InChI is InChI=1S/C25H20Cl2N4O6S2/c26-16-8-9-23(21(27)14-16)37-22-7-2-1-6-19(22)20-10-13-38-24(20)39(35,36)29-12-11-28-25(32)30-17-4-3-5-18(15-17)31(33)34/h1-10,13-15,29H,11-12H2,(H2,28,30,32). The molecule has 1 aromatic heterocycles. The number of sulfonamides is 1. The number of nitrogens with zero attached hydrogens (tertiary/aromatic N) is 1. The Morgan fingerprint density at radius 1 is 0.949 bits per heavy atom. The number of hydrogen-bond acceptors (Lipinski definition) is 7. The van der Waals surface area contributed by atoms with Crippen LogP contribution < -0.4 is 20.1 Å². The van der Waals surface area contributed by atoms with Gasteiger partial charge in [-0.1, -0.05) is 47.5 Å². The second kappa shape index (κ2) is 12.5. The zero-order chi connectivity index (χ0) is 28.0. The number of thiophene rings is 1. The van der Waals surface area contributed by atoms with Crippen molar-refractivity contribution in [3.05, 3.63) is 98.3 Å². The first-order chi connectivity index (χ1) is 18.6. The van der Waals surface area contributed by atoms with Gasteiger partial charge in [0.15, 0.2) is 0 Å². The molecule has 0 aliphatic heterocycles. The van der Waals surface area contributed by atoms with Crippen molar-refractivity contribution in [1.29, 1.82) is 0 Å². The predicted octanol–water partition coefficient (Wildman–Crippen LogP) is 6.52. The normalized spacial score (nSPS) is 11.1. The molecule has 4 rings (SSSR count). The summed E-state index contributed by atoms with van der Waals surface area (Å²) in [6.45, 7) is -0.129. The first-order valence-corrected chi connectivity index (χ1v) is 14.3. The number of carbonyl (C=O) groups excluding carboxylic acids is 1. The van der Waals surface area contributed by atoms with Crippen LogP contribution in [0.2, 0.25) is 10.0 Å². The molecule has 2 amide bonds. The Bertz CT molecular complexity index is 1630. The molecule has 0 radical (unpaired) electrons. The number of hydrogen-bond donors (Lipinski definition) is 3. The van der Waals surface area contributed by atoms with Gasteiger partial charge in [0.05, 0.1) is 9.95 Å². The van der Waals surface area contributed by atoms with E-state index in [2.05, 4.69) is 15.4 Å². The maximum Gasteiger partial charge on any atom is 0.319 e. The van der Waals surface area contributed by atoms with E-state index in [1.807, 2.05) is 0 Å². The zero-order valence-electron chi connectivity index (χ0n) is 19.9. The third-order valence-corrected chi connectivity index (χ3v) is 8.66. The van der Waals surface area contributed by atoms with E-state index in [1.165, 1.54) is 24.3 Å². The van der Waals surface area contributed by atoms with Crippen LogP contribution >= 0.6 is 34.5 Å². The number of carbonyl (C=O) groups is 1. The minimum atomic E-state index is -3.95. The van der Waals surface area contributed by atoms with E-state index >= 15 is 0 Å². The lowest BCUT2D eigenvalue weighted by Gasteiger charge is -2.14. The topological polar surface area (TPSA) is 140 Å². The second-order valence-corrected chi connectivity index (χ2v) is 11.6. The number of para-hydroxylation sites is 1. The fourth-order valence-electron chi connectivity index (χ4n) is 3.46. The van der Waals surface area contributed by atoms with Crippen LogP contribution in [0.25, 0.3) is 11.1 Å². The van der Waals surface area contributed by atoms with Gasteiger partial charge in [-0.25, -0.2) is 17.9 Å². The van der Waals surface area contributed by atoms with Crippen LogP contribution in [-0.4, -0.2) is 32.5 Å². The number of amides is 2. The first kappa shape index (κ1) is 28.3. The Balaban J connectivity index is 1.41. The lowest BCUT2D eigenvalue weighted by atomic mass is 10.1. The maximum atomic E-state index is 13.1. The highest BCUT2D eigenvalue weighted by atomic mass is 35.5. The zero-order valence-corrected chi connectivity index (χ0v) is 23.0. The third-order valence-electron chi connectivity index (χ3n) is 5.18. The van der Waals surface area contributed by atoms with E-state index in [0.717, 1.165) is 11.3 Å². The van der Waals surface area contributed by atoms with Crippen molar-refractivity contribution in [2.75, 3.05) is 18.4 Å². The predicted molar refractivity (Wildman–Crippen MR) is 152 cm³/mol. The minimum Gasteiger partial charge on any atom is -0.455 e. The van der Waals surface area contributed by atoms with Crippen molar-refractivity contribution in [2.45, 2.75) is 4.21 Å². The fraction of sp³-hybridized carbons (Fsp3) is 0.0800.